The molecule has 0 aliphatic carbocycles. The zero-order valence-electron chi connectivity index (χ0n) is 10.2. The maximum absolute atomic E-state index is 6.00. The summed E-state index contributed by atoms with van der Waals surface area (Å²) in [6, 6.07) is 6.24. The first-order valence-electron chi connectivity index (χ1n) is 6.05. The molecule has 1 fully saturated rings. The number of benzene rings is 1. The lowest BCUT2D eigenvalue weighted by Crippen LogP contribution is -2.20. The summed E-state index contributed by atoms with van der Waals surface area (Å²) in [6.45, 7) is 4.06. The van der Waals surface area contributed by atoms with E-state index in [9.17, 15) is 0 Å². The molecule has 2 heterocycles. The van der Waals surface area contributed by atoms with Crippen LogP contribution < -0.4 is 10.1 Å². The van der Waals surface area contributed by atoms with Crippen molar-refractivity contribution in [3.8, 4) is 5.88 Å². The second-order valence-corrected chi connectivity index (χ2v) is 4.63. The molecule has 4 heteroatoms. The highest BCUT2D eigenvalue weighted by Gasteiger charge is 2.20. The van der Waals surface area contributed by atoms with Crippen LogP contribution in [0.4, 0.5) is 0 Å². The van der Waals surface area contributed by atoms with Crippen molar-refractivity contribution in [3.63, 3.8) is 0 Å². The summed E-state index contributed by atoms with van der Waals surface area (Å²) in [5.41, 5.74) is 2.35. The minimum atomic E-state index is 0.257. The van der Waals surface area contributed by atoms with Crippen molar-refractivity contribution in [2.24, 2.45) is 7.05 Å². The molecule has 1 aliphatic heterocycles. The summed E-state index contributed by atoms with van der Waals surface area (Å²) in [5.74, 6) is 0.773. The second kappa shape index (κ2) is 4.04. The summed E-state index contributed by atoms with van der Waals surface area (Å²) < 4.78 is 7.88. The van der Waals surface area contributed by atoms with Crippen LogP contribution in [0.3, 0.4) is 0 Å². The smallest absolute Gasteiger partial charge is 0.241 e. The van der Waals surface area contributed by atoms with Gasteiger partial charge >= 0.3 is 0 Å². The van der Waals surface area contributed by atoms with Gasteiger partial charge in [-0.15, -0.1) is 5.10 Å². The Morgan fingerprint density at radius 3 is 3.12 bits per heavy atom. The number of hydrogen-bond donors (Lipinski definition) is 1. The van der Waals surface area contributed by atoms with E-state index in [0.717, 1.165) is 36.3 Å². The Morgan fingerprint density at radius 1 is 1.47 bits per heavy atom. The Labute approximate surface area is 101 Å². The highest BCUT2D eigenvalue weighted by molar-refractivity contribution is 5.87. The van der Waals surface area contributed by atoms with Gasteiger partial charge in [0.1, 0.15) is 6.10 Å². The van der Waals surface area contributed by atoms with Crippen LogP contribution in [0.5, 0.6) is 5.88 Å². The lowest BCUT2D eigenvalue weighted by atomic mass is 10.1. The molecule has 0 saturated carbocycles. The van der Waals surface area contributed by atoms with Crippen LogP contribution >= 0.6 is 0 Å². The Kier molecular flexibility index (Phi) is 2.52. The van der Waals surface area contributed by atoms with E-state index in [1.54, 1.807) is 0 Å². The van der Waals surface area contributed by atoms with Crippen molar-refractivity contribution in [2.45, 2.75) is 19.4 Å². The fourth-order valence-electron chi connectivity index (χ4n) is 2.41. The third-order valence-corrected chi connectivity index (χ3v) is 3.35. The number of aromatic nitrogens is 2. The van der Waals surface area contributed by atoms with Gasteiger partial charge in [0.2, 0.25) is 5.88 Å². The lowest BCUT2D eigenvalue weighted by molar-refractivity contribution is 0.214. The zero-order chi connectivity index (χ0) is 11.8. The Morgan fingerprint density at radius 2 is 2.35 bits per heavy atom. The van der Waals surface area contributed by atoms with Crippen LogP contribution in [-0.2, 0) is 7.05 Å². The summed E-state index contributed by atoms with van der Waals surface area (Å²) >= 11 is 0. The molecule has 1 atom stereocenters. The minimum absolute atomic E-state index is 0.257. The molecule has 2 aromatic rings. The SMILES string of the molecule is Cc1cccc2c1c(OC1CCNC1)nn2C. The van der Waals surface area contributed by atoms with Gasteiger partial charge in [-0.25, -0.2) is 0 Å². The van der Waals surface area contributed by atoms with Crippen LogP contribution in [0.25, 0.3) is 10.9 Å². The van der Waals surface area contributed by atoms with E-state index < -0.39 is 0 Å². The predicted octanol–water partition coefficient (Wildman–Crippen LogP) is 1.62. The van der Waals surface area contributed by atoms with Crippen molar-refractivity contribution >= 4 is 10.9 Å². The van der Waals surface area contributed by atoms with Gasteiger partial charge in [0.05, 0.1) is 10.9 Å². The maximum Gasteiger partial charge on any atom is 0.241 e. The van der Waals surface area contributed by atoms with Crippen molar-refractivity contribution in [2.75, 3.05) is 13.1 Å². The van der Waals surface area contributed by atoms with Crippen molar-refractivity contribution < 1.29 is 4.74 Å². The Balaban J connectivity index is 2.03. The largest absolute Gasteiger partial charge is 0.471 e. The Bertz CT molecular complexity index is 541. The van der Waals surface area contributed by atoms with Gasteiger partial charge < -0.3 is 10.1 Å². The van der Waals surface area contributed by atoms with Gasteiger partial charge in [-0.2, -0.15) is 0 Å². The van der Waals surface area contributed by atoms with Gasteiger partial charge in [-0.1, -0.05) is 12.1 Å². The number of fused-ring (bicyclic) bond motifs is 1. The maximum atomic E-state index is 6.00. The van der Waals surface area contributed by atoms with Gasteiger partial charge in [-0.3, -0.25) is 4.68 Å². The van der Waals surface area contributed by atoms with Crippen molar-refractivity contribution in [3.05, 3.63) is 23.8 Å². The van der Waals surface area contributed by atoms with E-state index in [1.165, 1.54) is 5.56 Å². The first-order chi connectivity index (χ1) is 8.25. The van der Waals surface area contributed by atoms with E-state index in [1.807, 2.05) is 11.7 Å². The lowest BCUT2D eigenvalue weighted by Gasteiger charge is -2.10. The third-order valence-electron chi connectivity index (χ3n) is 3.35. The molecule has 0 radical (unpaired) electrons. The molecule has 1 aromatic heterocycles. The summed E-state index contributed by atoms with van der Waals surface area (Å²) in [6.07, 6.45) is 1.32. The first kappa shape index (κ1) is 10.6. The minimum Gasteiger partial charge on any atom is -0.471 e. The Hall–Kier alpha value is -1.55. The highest BCUT2D eigenvalue weighted by Crippen LogP contribution is 2.28. The molecule has 17 heavy (non-hydrogen) atoms. The predicted molar refractivity (Wildman–Crippen MR) is 67.4 cm³/mol. The van der Waals surface area contributed by atoms with Gasteiger partial charge in [0, 0.05) is 13.6 Å². The number of aryl methyl sites for hydroxylation is 2. The van der Waals surface area contributed by atoms with E-state index in [2.05, 4.69) is 35.5 Å². The third kappa shape index (κ3) is 1.78. The molecule has 3 rings (SSSR count). The molecule has 0 spiro atoms. The summed E-state index contributed by atoms with van der Waals surface area (Å²) in [4.78, 5) is 0. The standard InChI is InChI=1S/C13H17N3O/c1-9-4-3-5-11-12(9)13(15-16(11)2)17-10-6-7-14-8-10/h3-5,10,14H,6-8H2,1-2H3. The van der Waals surface area contributed by atoms with Crippen LogP contribution in [0.2, 0.25) is 0 Å². The average molecular weight is 231 g/mol. The fraction of sp³-hybridized carbons (Fsp3) is 0.462. The summed E-state index contributed by atoms with van der Waals surface area (Å²) in [7, 11) is 1.96. The van der Waals surface area contributed by atoms with E-state index in [4.69, 9.17) is 4.74 Å². The normalized spacial score (nSPS) is 20.0. The monoisotopic (exact) mass is 231 g/mol. The molecule has 4 nitrogen and oxygen atoms in total. The van der Waals surface area contributed by atoms with Crippen LogP contribution in [0.1, 0.15) is 12.0 Å². The van der Waals surface area contributed by atoms with E-state index in [0.29, 0.717) is 0 Å². The number of hydrogen-bond acceptors (Lipinski definition) is 3. The quantitative estimate of drug-likeness (QED) is 0.853. The van der Waals surface area contributed by atoms with Gasteiger partial charge in [0.25, 0.3) is 0 Å². The highest BCUT2D eigenvalue weighted by atomic mass is 16.5. The number of nitrogens with one attached hydrogen (secondary N) is 1. The summed E-state index contributed by atoms with van der Waals surface area (Å²) in [5, 5.41) is 8.92. The van der Waals surface area contributed by atoms with Crippen LogP contribution in [0, 0.1) is 6.92 Å². The molecule has 0 amide bonds. The average Bonchev–Trinajstić information content (AvgIpc) is 2.90. The zero-order valence-corrected chi connectivity index (χ0v) is 10.2. The van der Waals surface area contributed by atoms with Crippen LogP contribution in [0.15, 0.2) is 18.2 Å². The van der Waals surface area contributed by atoms with Crippen LogP contribution in [-0.4, -0.2) is 29.0 Å². The molecule has 1 aromatic carbocycles. The first-order valence-corrected chi connectivity index (χ1v) is 6.05. The number of rotatable bonds is 2. The van der Waals surface area contributed by atoms with Crippen molar-refractivity contribution in [1.82, 2.24) is 15.1 Å². The fourth-order valence-corrected chi connectivity index (χ4v) is 2.41. The molecule has 90 valence electrons. The molecular formula is C13H17N3O. The molecule has 1 saturated heterocycles. The second-order valence-electron chi connectivity index (χ2n) is 4.63. The molecule has 1 unspecified atom stereocenters. The molecule has 1 N–H and O–H groups in total. The van der Waals surface area contributed by atoms with Gasteiger partial charge in [0.15, 0.2) is 0 Å². The van der Waals surface area contributed by atoms with Crippen molar-refractivity contribution in [1.29, 1.82) is 0 Å². The molecular weight excluding hydrogens is 214 g/mol. The van der Waals surface area contributed by atoms with E-state index in [-0.39, 0.29) is 6.10 Å². The molecule has 1 aliphatic rings. The number of nitrogens with zero attached hydrogens (tertiary/aromatic N) is 2. The van der Waals surface area contributed by atoms with Gasteiger partial charge in [-0.05, 0) is 31.5 Å². The van der Waals surface area contributed by atoms with E-state index >= 15 is 0 Å². The number of ether oxygens (including phenoxy) is 1. The topological polar surface area (TPSA) is 39.1 Å². The molecule has 0 bridgehead atoms.